The number of hydrogen-bond acceptors (Lipinski definition) is 2. The Kier molecular flexibility index (Phi) is 4.07. The summed E-state index contributed by atoms with van der Waals surface area (Å²) in [7, 11) is 1.85. The molecular formula is C16H22ClN3O. The molecule has 114 valence electrons. The van der Waals surface area contributed by atoms with Crippen LogP contribution in [-0.4, -0.2) is 27.1 Å². The molecule has 2 heterocycles. The number of halogens is 1. The molecule has 1 amide bonds. The molecule has 1 aromatic heterocycles. The molecule has 5 heteroatoms. The molecule has 0 saturated carbocycles. The van der Waals surface area contributed by atoms with Crippen LogP contribution in [-0.2, 0) is 11.8 Å². The predicted octanol–water partition coefficient (Wildman–Crippen LogP) is 3.40. The van der Waals surface area contributed by atoms with Gasteiger partial charge in [-0.3, -0.25) is 9.48 Å². The normalized spacial score (nSPS) is 25.6. The quantitative estimate of drug-likeness (QED) is 0.785. The molecular weight excluding hydrogens is 286 g/mol. The van der Waals surface area contributed by atoms with E-state index in [4.69, 9.17) is 11.6 Å². The first kappa shape index (κ1) is 14.6. The molecule has 1 saturated heterocycles. The molecule has 1 aliphatic carbocycles. The van der Waals surface area contributed by atoms with Crippen LogP contribution in [0.3, 0.4) is 0 Å². The average molecular weight is 308 g/mol. The average Bonchev–Trinajstić information content (AvgIpc) is 3.05. The number of rotatable bonds is 2. The summed E-state index contributed by atoms with van der Waals surface area (Å²) in [6.07, 6.45) is 9.21. The molecule has 21 heavy (non-hydrogen) atoms. The van der Waals surface area contributed by atoms with Crippen molar-refractivity contribution in [1.82, 2.24) is 14.7 Å². The van der Waals surface area contributed by atoms with Crippen molar-refractivity contribution in [2.24, 2.45) is 13.0 Å². The molecule has 1 aromatic rings. The molecule has 1 aliphatic heterocycles. The van der Waals surface area contributed by atoms with E-state index in [9.17, 15) is 4.79 Å². The number of carbonyl (C=O) groups excluding carboxylic acids is 1. The zero-order valence-corrected chi connectivity index (χ0v) is 13.4. The van der Waals surface area contributed by atoms with Gasteiger partial charge < -0.3 is 4.90 Å². The number of nitrogens with zero attached hydrogens (tertiary/aromatic N) is 3. The van der Waals surface area contributed by atoms with Crippen LogP contribution in [0.25, 0.3) is 0 Å². The Morgan fingerprint density at radius 1 is 1.38 bits per heavy atom. The minimum Gasteiger partial charge on any atom is -0.335 e. The maximum atomic E-state index is 12.8. The van der Waals surface area contributed by atoms with Gasteiger partial charge in [-0.05, 0) is 39.0 Å². The number of likely N-dealkylation sites (tertiary alicyclic amines) is 1. The van der Waals surface area contributed by atoms with E-state index in [1.165, 1.54) is 0 Å². The van der Waals surface area contributed by atoms with Crippen LogP contribution in [0.1, 0.15) is 49.4 Å². The van der Waals surface area contributed by atoms with Gasteiger partial charge in [-0.15, -0.1) is 0 Å². The van der Waals surface area contributed by atoms with Gasteiger partial charge in [-0.25, -0.2) is 0 Å². The van der Waals surface area contributed by atoms with E-state index < -0.39 is 0 Å². The second-order valence-corrected chi connectivity index (χ2v) is 6.44. The topological polar surface area (TPSA) is 38.1 Å². The third-order valence-electron chi connectivity index (χ3n) is 4.68. The monoisotopic (exact) mass is 307 g/mol. The molecule has 3 rings (SSSR count). The molecule has 0 spiro atoms. The first-order valence-corrected chi connectivity index (χ1v) is 8.12. The predicted molar refractivity (Wildman–Crippen MR) is 83.1 cm³/mol. The molecule has 0 unspecified atom stereocenters. The van der Waals surface area contributed by atoms with Crippen molar-refractivity contribution in [2.75, 3.05) is 6.54 Å². The zero-order chi connectivity index (χ0) is 15.0. The van der Waals surface area contributed by atoms with Crippen molar-refractivity contribution < 1.29 is 4.79 Å². The van der Waals surface area contributed by atoms with E-state index >= 15 is 0 Å². The summed E-state index contributed by atoms with van der Waals surface area (Å²) in [6.45, 7) is 2.82. The highest BCUT2D eigenvalue weighted by Crippen LogP contribution is 2.39. The fourth-order valence-corrected chi connectivity index (χ4v) is 3.91. The fraction of sp³-hybridized carbons (Fsp3) is 0.625. The minimum absolute atomic E-state index is 0.101. The van der Waals surface area contributed by atoms with Crippen molar-refractivity contribution in [1.29, 1.82) is 0 Å². The number of amides is 1. The van der Waals surface area contributed by atoms with Crippen LogP contribution in [0, 0.1) is 12.8 Å². The lowest BCUT2D eigenvalue weighted by atomic mass is 9.92. The number of hydrogen-bond donors (Lipinski definition) is 0. The maximum absolute atomic E-state index is 12.8. The molecule has 0 aromatic carbocycles. The van der Waals surface area contributed by atoms with Crippen LogP contribution in [0.15, 0.2) is 12.2 Å². The van der Waals surface area contributed by atoms with Crippen molar-refractivity contribution in [3.8, 4) is 0 Å². The van der Waals surface area contributed by atoms with Crippen LogP contribution >= 0.6 is 11.6 Å². The van der Waals surface area contributed by atoms with E-state index in [1.54, 1.807) is 4.68 Å². The van der Waals surface area contributed by atoms with Crippen molar-refractivity contribution >= 4 is 17.5 Å². The largest absolute Gasteiger partial charge is 0.335 e. The summed E-state index contributed by atoms with van der Waals surface area (Å²) in [6, 6.07) is 0.101. The highest BCUT2D eigenvalue weighted by Gasteiger charge is 2.36. The van der Waals surface area contributed by atoms with Crippen LogP contribution in [0.2, 0.25) is 5.15 Å². The Morgan fingerprint density at radius 2 is 2.19 bits per heavy atom. The Balaban J connectivity index is 1.85. The number of carbonyl (C=O) groups is 1. The summed E-state index contributed by atoms with van der Waals surface area (Å²) in [5.41, 5.74) is 1.98. The summed E-state index contributed by atoms with van der Waals surface area (Å²) in [5, 5.41) is 5.06. The molecule has 4 nitrogen and oxygen atoms in total. The third kappa shape index (κ3) is 2.61. The van der Waals surface area contributed by atoms with Crippen molar-refractivity contribution in [2.45, 2.75) is 45.1 Å². The Bertz CT molecular complexity index is 578. The summed E-state index contributed by atoms with van der Waals surface area (Å²) >= 11 is 6.40. The highest BCUT2D eigenvalue weighted by atomic mass is 35.5. The molecule has 2 atom stereocenters. The van der Waals surface area contributed by atoms with Gasteiger partial charge in [-0.1, -0.05) is 23.8 Å². The lowest BCUT2D eigenvalue weighted by Crippen LogP contribution is -2.36. The SMILES string of the molecule is Cc1nn(C)c(Cl)c1[C@H]1CCCN1C(=O)[C@@H]1CC=CCC1. The van der Waals surface area contributed by atoms with E-state index in [0.717, 1.165) is 49.9 Å². The molecule has 1 fully saturated rings. The Morgan fingerprint density at radius 3 is 2.81 bits per heavy atom. The molecule has 0 N–H and O–H groups in total. The van der Waals surface area contributed by atoms with Gasteiger partial charge in [0.05, 0.1) is 11.7 Å². The van der Waals surface area contributed by atoms with Crippen LogP contribution < -0.4 is 0 Å². The van der Waals surface area contributed by atoms with Gasteiger partial charge in [0.15, 0.2) is 0 Å². The van der Waals surface area contributed by atoms with Crippen LogP contribution in [0.4, 0.5) is 0 Å². The van der Waals surface area contributed by atoms with E-state index in [2.05, 4.69) is 17.3 Å². The fourth-order valence-electron chi connectivity index (χ4n) is 3.61. The minimum atomic E-state index is 0.101. The first-order valence-electron chi connectivity index (χ1n) is 7.74. The Hall–Kier alpha value is -1.29. The van der Waals surface area contributed by atoms with Gasteiger partial charge >= 0.3 is 0 Å². The van der Waals surface area contributed by atoms with Crippen molar-refractivity contribution in [3.63, 3.8) is 0 Å². The van der Waals surface area contributed by atoms with Gasteiger partial charge in [0.25, 0.3) is 0 Å². The maximum Gasteiger partial charge on any atom is 0.226 e. The zero-order valence-electron chi connectivity index (χ0n) is 12.7. The number of allylic oxidation sites excluding steroid dienone is 2. The third-order valence-corrected chi connectivity index (χ3v) is 5.13. The smallest absolute Gasteiger partial charge is 0.226 e. The van der Waals surface area contributed by atoms with Gasteiger partial charge in [-0.2, -0.15) is 5.10 Å². The summed E-state index contributed by atoms with van der Waals surface area (Å²) < 4.78 is 1.70. The second-order valence-electron chi connectivity index (χ2n) is 6.08. The van der Waals surface area contributed by atoms with Gasteiger partial charge in [0.2, 0.25) is 5.91 Å². The van der Waals surface area contributed by atoms with E-state index in [-0.39, 0.29) is 12.0 Å². The molecule has 0 radical (unpaired) electrons. The number of aromatic nitrogens is 2. The van der Waals surface area contributed by atoms with Gasteiger partial charge in [0.1, 0.15) is 5.15 Å². The van der Waals surface area contributed by atoms with Crippen molar-refractivity contribution in [3.05, 3.63) is 28.6 Å². The molecule has 2 aliphatic rings. The van der Waals surface area contributed by atoms with E-state index in [1.807, 2.05) is 18.9 Å². The van der Waals surface area contributed by atoms with Gasteiger partial charge in [0, 0.05) is 25.1 Å². The number of aryl methyl sites for hydroxylation is 2. The second kappa shape index (κ2) is 5.84. The first-order chi connectivity index (χ1) is 10.1. The van der Waals surface area contributed by atoms with Crippen LogP contribution in [0.5, 0.6) is 0 Å². The lowest BCUT2D eigenvalue weighted by molar-refractivity contribution is -0.136. The summed E-state index contributed by atoms with van der Waals surface area (Å²) in [5.74, 6) is 0.438. The Labute approximate surface area is 130 Å². The standard InChI is InChI=1S/C16H22ClN3O/c1-11-14(15(17)19(2)18-11)13-9-6-10-20(13)16(21)12-7-4-3-5-8-12/h3-4,12-13H,5-10H2,1-2H3/t12-,13-/m1/s1. The highest BCUT2D eigenvalue weighted by molar-refractivity contribution is 6.30. The summed E-state index contributed by atoms with van der Waals surface area (Å²) in [4.78, 5) is 14.9. The lowest BCUT2D eigenvalue weighted by Gasteiger charge is -2.29. The van der Waals surface area contributed by atoms with E-state index in [0.29, 0.717) is 11.1 Å². The molecule has 0 bridgehead atoms.